The zero-order valence-electron chi connectivity index (χ0n) is 34.7. The molecule has 0 radical (unpaired) electrons. The number of hydrogen-bond acceptors (Lipinski definition) is 12. The normalized spacial score (nSPS) is 50.8. The fraction of sp³-hybridized carbons (Fsp3) is 0.860. The van der Waals surface area contributed by atoms with E-state index in [0.717, 1.165) is 37.7 Å². The first-order valence-electron chi connectivity index (χ1n) is 21.1. The Morgan fingerprint density at radius 1 is 0.733 bits per heavy atom. The van der Waals surface area contributed by atoms with Crippen LogP contribution < -0.4 is 0 Å². The number of fused-ring (bicyclic) bond motifs is 7. The maximum atomic E-state index is 14.9. The van der Waals surface area contributed by atoms with E-state index in [4.69, 9.17) is 14.2 Å². The van der Waals surface area contributed by atoms with Crippen molar-refractivity contribution in [3.05, 3.63) is 11.6 Å². The van der Waals surface area contributed by atoms with E-state index in [1.165, 1.54) is 0 Å². The molecule has 0 aromatic rings. The predicted octanol–water partition coefficient (Wildman–Crippen LogP) is 1.61. The number of carbonyl (C=O) groups excluding carboxylic acids is 1. The number of ketones is 1. The molecule has 19 atom stereocenters. The van der Waals surface area contributed by atoms with Crippen LogP contribution in [-0.2, 0) is 33.4 Å². The molecule has 8 N–H and O–H groups in total. The Labute approximate surface area is 396 Å². The summed E-state index contributed by atoms with van der Waals surface area (Å²) in [5, 5.41) is 83.6. The van der Waals surface area contributed by atoms with Gasteiger partial charge in [-0.1, -0.05) is 47.1 Å². The molecule has 330 valence electrons. The number of carboxylic acid groups (broad SMARTS) is 3. The first-order valence-corrected chi connectivity index (χ1v) is 21.1. The van der Waals surface area contributed by atoms with Gasteiger partial charge in [-0.3, -0.25) is 14.4 Å². The Morgan fingerprint density at radius 3 is 1.97 bits per heavy atom. The number of carboxylic acids is 3. The van der Waals surface area contributed by atoms with Gasteiger partial charge in [0.15, 0.2) is 18.2 Å². The third-order valence-corrected chi connectivity index (χ3v) is 17.7. The minimum atomic E-state index is -1.99. The van der Waals surface area contributed by atoms with Gasteiger partial charge in [-0.25, -0.2) is 4.79 Å². The summed E-state index contributed by atoms with van der Waals surface area (Å²) < 4.78 is 18.4. The van der Waals surface area contributed by atoms with Crippen LogP contribution in [-0.4, -0.2) is 185 Å². The molecule has 6 fully saturated rings. The zero-order valence-corrected chi connectivity index (χ0v) is 34.7. The average Bonchev–Trinajstić information content (AvgIpc) is 3.13. The summed E-state index contributed by atoms with van der Waals surface area (Å²) in [4.78, 5) is 51.5. The molecule has 1 saturated heterocycles. The van der Waals surface area contributed by atoms with Crippen molar-refractivity contribution in [3.63, 3.8) is 0 Å². The second kappa shape index (κ2) is 17.1. The summed E-state index contributed by atoms with van der Waals surface area (Å²) in [7, 11) is 0. The third kappa shape index (κ3) is 7.59. The van der Waals surface area contributed by atoms with Gasteiger partial charge in [0.1, 0.15) is 30.5 Å². The van der Waals surface area contributed by atoms with Crippen LogP contribution in [0.25, 0.3) is 0 Å². The van der Waals surface area contributed by atoms with E-state index in [1.807, 2.05) is 26.8 Å². The number of ether oxygens (including phenoxy) is 3. The zero-order chi connectivity index (χ0) is 42.9. The van der Waals surface area contributed by atoms with Gasteiger partial charge in [0, 0.05) is 5.92 Å². The molecule has 0 bridgehead atoms. The van der Waals surface area contributed by atoms with E-state index in [-0.39, 0.29) is 93.5 Å². The van der Waals surface area contributed by atoms with Gasteiger partial charge < -0.3 is 55.1 Å². The van der Waals surface area contributed by atoms with Crippen molar-refractivity contribution < 1.29 is 74.2 Å². The molecule has 0 aromatic carbocycles. The van der Waals surface area contributed by atoms with Gasteiger partial charge in [0.05, 0.1) is 29.6 Å². The number of hydrogen-bond donors (Lipinski definition) is 8. The van der Waals surface area contributed by atoms with Crippen LogP contribution >= 0.6 is 0 Å². The van der Waals surface area contributed by atoms with Gasteiger partial charge in [-0.05, 0) is 116 Å². The van der Waals surface area contributed by atoms with Gasteiger partial charge in [0.25, 0.3) is 0 Å². The van der Waals surface area contributed by atoms with Crippen LogP contribution in [0.2, 0.25) is 0 Å². The standard InChI is InChI=1S/C43H64O15.2Na.2H/c1-38(2)24-8-11-43(7)33(22(44)17-20-21-18-40(4,37(54)55)13-12-39(21,3)14-15-42(20,43)6)41(24,5)10-9-25(38)57-36-32(30(49)29(48)31(58-36)35(52)53)56-23-16-19(34(50)51)26(45)28(47)27(23)46;;;;/h17,19,21,23-33,36,45-49H,8-16,18H2,1-7H3,(H,50,51)(H,52,53)(H,54,55);;;;/t19-,21-,23+,24-,25-,26+,27-,28-,29-,30-,31-,32+,33+,36-,39+,40-,41-,42+,43+;;;;/m0..../s1. The summed E-state index contributed by atoms with van der Waals surface area (Å²) in [5.41, 5.74) is -1.71. The van der Waals surface area contributed by atoms with Gasteiger partial charge in [-0.15, -0.1) is 0 Å². The fourth-order valence-corrected chi connectivity index (χ4v) is 13.8. The molecule has 0 amide bonds. The molecule has 7 rings (SSSR count). The van der Waals surface area contributed by atoms with E-state index in [1.54, 1.807) is 0 Å². The average molecular weight is 869 g/mol. The Bertz CT molecular complexity index is 1740. The summed E-state index contributed by atoms with van der Waals surface area (Å²) in [5.74, 6) is -5.68. The van der Waals surface area contributed by atoms with E-state index in [0.29, 0.717) is 25.7 Å². The second-order valence-electron chi connectivity index (χ2n) is 21.1. The molecule has 7 aliphatic rings. The van der Waals surface area contributed by atoms with E-state index < -0.39 is 113 Å². The molecular formula is C43H66Na2O15. The maximum absolute atomic E-state index is 14.9. The van der Waals surface area contributed by atoms with Gasteiger partial charge in [-0.2, -0.15) is 0 Å². The van der Waals surface area contributed by atoms with Crippen LogP contribution in [0.5, 0.6) is 0 Å². The topological polar surface area (TPSA) is 258 Å². The van der Waals surface area contributed by atoms with Crippen molar-refractivity contribution in [1.82, 2.24) is 0 Å². The number of aliphatic hydroxyl groups is 5. The first kappa shape index (κ1) is 50.5. The second-order valence-corrected chi connectivity index (χ2v) is 21.1. The fourth-order valence-electron chi connectivity index (χ4n) is 13.8. The monoisotopic (exact) mass is 868 g/mol. The molecule has 1 aliphatic heterocycles. The van der Waals surface area contributed by atoms with Gasteiger partial charge >= 0.3 is 77.0 Å². The Balaban J connectivity index is 0.00000341. The van der Waals surface area contributed by atoms with Crippen molar-refractivity contribution in [2.24, 2.45) is 56.2 Å². The third-order valence-electron chi connectivity index (χ3n) is 17.7. The minimum absolute atomic E-state index is 0. The van der Waals surface area contributed by atoms with E-state index in [9.17, 15) is 60.0 Å². The van der Waals surface area contributed by atoms with Crippen LogP contribution in [0.15, 0.2) is 11.6 Å². The predicted molar refractivity (Wildman–Crippen MR) is 217 cm³/mol. The molecule has 1 heterocycles. The molecule has 17 heteroatoms. The van der Waals surface area contributed by atoms with Crippen molar-refractivity contribution in [2.45, 2.75) is 174 Å². The van der Waals surface area contributed by atoms with E-state index in [2.05, 4.69) is 27.7 Å². The molecule has 60 heavy (non-hydrogen) atoms. The first-order chi connectivity index (χ1) is 26.8. The molecule has 0 unspecified atom stereocenters. The van der Waals surface area contributed by atoms with Crippen LogP contribution in [0.4, 0.5) is 0 Å². The number of aliphatic hydroxyl groups excluding tert-OH is 5. The Kier molecular flexibility index (Phi) is 14.4. The summed E-state index contributed by atoms with van der Waals surface area (Å²) in [6.45, 7) is 14.9. The summed E-state index contributed by atoms with van der Waals surface area (Å²) in [6, 6.07) is 0. The molecule has 6 aliphatic carbocycles. The molecule has 15 nitrogen and oxygen atoms in total. The molecular weight excluding hydrogens is 802 g/mol. The molecule has 5 saturated carbocycles. The number of allylic oxidation sites excluding steroid dienone is 2. The van der Waals surface area contributed by atoms with Crippen molar-refractivity contribution in [3.8, 4) is 0 Å². The van der Waals surface area contributed by atoms with Crippen molar-refractivity contribution >= 4 is 82.8 Å². The quantitative estimate of drug-likeness (QED) is 0.134. The van der Waals surface area contributed by atoms with E-state index >= 15 is 0 Å². The summed E-state index contributed by atoms with van der Waals surface area (Å²) in [6.07, 6.45) is -9.05. The molecule has 0 aromatic heterocycles. The van der Waals surface area contributed by atoms with Crippen LogP contribution in [0, 0.1) is 56.2 Å². The summed E-state index contributed by atoms with van der Waals surface area (Å²) >= 11 is 0. The molecule has 0 spiro atoms. The Hall–Kier alpha value is -0.500. The Morgan fingerprint density at radius 2 is 1.37 bits per heavy atom. The number of aliphatic carboxylic acids is 3. The number of carbonyl (C=O) groups is 4. The van der Waals surface area contributed by atoms with Crippen LogP contribution in [0.1, 0.15) is 113 Å². The van der Waals surface area contributed by atoms with Crippen molar-refractivity contribution in [2.75, 3.05) is 0 Å². The SMILES string of the molecule is CC1(C)[C@@H](O[C@H]2O[C@H](C(=O)O)[C@@H](O)[C@H](O)[C@H]2O[C@@H]2C[C@H](C(=O)O)[C@@H](O)[C@H](O)[C@H]2O)CC[C@]2(C)[C@H]3C(=O)C=C4[C@@H]5C[C@@](C)(C(=O)O)CC[C@]5(C)CC[C@@]4(C)[C@]3(C)CC[C@@H]12.[NaH].[NaH]. The number of rotatable bonds is 7. The van der Waals surface area contributed by atoms with Crippen LogP contribution in [0.3, 0.4) is 0 Å². The van der Waals surface area contributed by atoms with Gasteiger partial charge in [0.2, 0.25) is 0 Å². The van der Waals surface area contributed by atoms with Crippen molar-refractivity contribution in [1.29, 1.82) is 0 Å².